The fraction of sp³-hybridized carbons (Fsp3) is 0.227. The molecule has 0 saturated carbocycles. The molecule has 0 saturated heterocycles. The van der Waals surface area contributed by atoms with Crippen LogP contribution in [0.1, 0.15) is 29.0 Å². The average Bonchev–Trinajstić information content (AvgIpc) is 2.67. The smallest absolute Gasteiger partial charge is 0.336 e. The minimum atomic E-state index is -0.640. The van der Waals surface area contributed by atoms with Gasteiger partial charge in [-0.2, -0.15) is 0 Å². The highest BCUT2D eigenvalue weighted by Crippen LogP contribution is 2.39. The topological polar surface area (TPSA) is 97.6 Å². The summed E-state index contributed by atoms with van der Waals surface area (Å²) < 4.78 is 10.6. The van der Waals surface area contributed by atoms with Crippen molar-refractivity contribution in [1.29, 1.82) is 0 Å². The van der Waals surface area contributed by atoms with Crippen LogP contribution in [0.3, 0.4) is 0 Å². The maximum Gasteiger partial charge on any atom is 0.336 e. The summed E-state index contributed by atoms with van der Waals surface area (Å²) in [5, 5.41) is 6.47. The molecule has 2 heterocycles. The van der Waals surface area contributed by atoms with Gasteiger partial charge in [-0.15, -0.1) is 0 Å². The van der Waals surface area contributed by atoms with E-state index in [9.17, 15) is 14.4 Å². The first-order valence-corrected chi connectivity index (χ1v) is 9.20. The molecule has 1 aliphatic rings. The van der Waals surface area contributed by atoms with E-state index in [-0.39, 0.29) is 18.2 Å². The number of anilines is 2. The SMILES string of the molecule is COc1cccc2c1NC(=O)CC2C(=O)Nc1cc2c(C)cc(=O)oc2cc1C. The second-order valence-corrected chi connectivity index (χ2v) is 7.13. The standard InChI is InChI=1S/C22H20N2O5/c1-11-8-20(26)29-18-7-12(2)16(9-14(11)18)23-22(27)15-10-19(25)24-21-13(15)5-4-6-17(21)28-3/h4-9,15H,10H2,1-3H3,(H,23,27)(H,24,25). The number of carbonyl (C=O) groups excluding carboxylic acids is 2. The van der Waals surface area contributed by atoms with Gasteiger partial charge in [-0.25, -0.2) is 4.79 Å². The highest BCUT2D eigenvalue weighted by atomic mass is 16.5. The number of para-hydroxylation sites is 1. The molecular weight excluding hydrogens is 372 g/mol. The van der Waals surface area contributed by atoms with Crippen LogP contribution < -0.4 is 21.0 Å². The molecule has 1 unspecified atom stereocenters. The van der Waals surface area contributed by atoms with Crippen LogP contribution in [0.25, 0.3) is 11.0 Å². The zero-order chi connectivity index (χ0) is 20.7. The van der Waals surface area contributed by atoms with Crippen molar-refractivity contribution in [1.82, 2.24) is 0 Å². The predicted octanol–water partition coefficient (Wildman–Crippen LogP) is 3.48. The van der Waals surface area contributed by atoms with E-state index in [2.05, 4.69) is 10.6 Å². The van der Waals surface area contributed by atoms with Gasteiger partial charge in [0, 0.05) is 23.6 Å². The van der Waals surface area contributed by atoms with Crippen molar-refractivity contribution >= 4 is 34.2 Å². The Morgan fingerprint density at radius 3 is 2.72 bits per heavy atom. The van der Waals surface area contributed by atoms with E-state index in [4.69, 9.17) is 9.15 Å². The first-order valence-electron chi connectivity index (χ1n) is 9.20. The van der Waals surface area contributed by atoms with E-state index < -0.39 is 11.5 Å². The number of benzene rings is 2. The van der Waals surface area contributed by atoms with Crippen LogP contribution in [-0.4, -0.2) is 18.9 Å². The van der Waals surface area contributed by atoms with Crippen molar-refractivity contribution in [3.8, 4) is 5.75 Å². The number of fused-ring (bicyclic) bond motifs is 2. The van der Waals surface area contributed by atoms with E-state index in [1.54, 1.807) is 24.3 Å². The Kier molecular flexibility index (Phi) is 4.58. The van der Waals surface area contributed by atoms with E-state index in [0.717, 1.165) is 16.5 Å². The normalized spacial score (nSPS) is 15.6. The zero-order valence-electron chi connectivity index (χ0n) is 16.3. The van der Waals surface area contributed by atoms with Crippen molar-refractivity contribution in [2.45, 2.75) is 26.2 Å². The molecule has 0 fully saturated rings. The summed E-state index contributed by atoms with van der Waals surface area (Å²) in [6.07, 6.45) is 0.0481. The highest BCUT2D eigenvalue weighted by Gasteiger charge is 2.32. The molecule has 1 aromatic heterocycles. The van der Waals surface area contributed by atoms with Gasteiger partial charge in [-0.1, -0.05) is 12.1 Å². The second-order valence-electron chi connectivity index (χ2n) is 7.13. The summed E-state index contributed by atoms with van der Waals surface area (Å²) in [6, 6.07) is 10.3. The largest absolute Gasteiger partial charge is 0.495 e. The van der Waals surface area contributed by atoms with Crippen LogP contribution in [0, 0.1) is 13.8 Å². The number of methoxy groups -OCH3 is 1. The number of nitrogens with one attached hydrogen (secondary N) is 2. The first-order chi connectivity index (χ1) is 13.9. The second kappa shape index (κ2) is 7.09. The van der Waals surface area contributed by atoms with E-state index in [0.29, 0.717) is 28.3 Å². The summed E-state index contributed by atoms with van der Waals surface area (Å²) in [6.45, 7) is 3.64. The minimum Gasteiger partial charge on any atom is -0.495 e. The monoisotopic (exact) mass is 392 g/mol. The summed E-state index contributed by atoms with van der Waals surface area (Å²) in [5.74, 6) is -0.651. The molecule has 2 N–H and O–H groups in total. The number of hydrogen-bond acceptors (Lipinski definition) is 5. The van der Waals surface area contributed by atoms with Crippen LogP contribution in [0.4, 0.5) is 11.4 Å². The third-order valence-electron chi connectivity index (χ3n) is 5.18. The van der Waals surface area contributed by atoms with E-state index >= 15 is 0 Å². The lowest BCUT2D eigenvalue weighted by Gasteiger charge is -2.26. The molecule has 148 valence electrons. The van der Waals surface area contributed by atoms with Gasteiger partial charge in [0.1, 0.15) is 11.3 Å². The van der Waals surface area contributed by atoms with Crippen LogP contribution in [0.15, 0.2) is 45.6 Å². The predicted molar refractivity (Wildman–Crippen MR) is 110 cm³/mol. The Morgan fingerprint density at radius 1 is 1.17 bits per heavy atom. The molecule has 3 aromatic rings. The van der Waals surface area contributed by atoms with Crippen molar-refractivity contribution in [2.75, 3.05) is 17.7 Å². The fourth-order valence-corrected chi connectivity index (χ4v) is 3.68. The van der Waals surface area contributed by atoms with Gasteiger partial charge < -0.3 is 19.8 Å². The van der Waals surface area contributed by atoms with Crippen LogP contribution >= 0.6 is 0 Å². The summed E-state index contributed by atoms with van der Waals surface area (Å²) in [7, 11) is 1.52. The molecule has 0 radical (unpaired) electrons. The molecule has 1 aliphatic heterocycles. The molecule has 4 rings (SSSR count). The first kappa shape index (κ1) is 18.7. The van der Waals surface area contributed by atoms with Crippen LogP contribution in [0.5, 0.6) is 5.75 Å². The maximum atomic E-state index is 13.1. The Labute approximate surface area is 166 Å². The van der Waals surface area contributed by atoms with Crippen molar-refractivity contribution in [3.63, 3.8) is 0 Å². The van der Waals surface area contributed by atoms with Gasteiger partial charge in [0.25, 0.3) is 0 Å². The number of rotatable bonds is 3. The fourth-order valence-electron chi connectivity index (χ4n) is 3.68. The van der Waals surface area contributed by atoms with Gasteiger partial charge >= 0.3 is 5.63 Å². The molecule has 2 amide bonds. The number of hydrogen-bond donors (Lipinski definition) is 2. The van der Waals surface area contributed by atoms with E-state index in [1.165, 1.54) is 13.2 Å². The van der Waals surface area contributed by atoms with Gasteiger partial charge in [0.05, 0.1) is 18.7 Å². The molecule has 0 spiro atoms. The maximum absolute atomic E-state index is 13.1. The molecule has 0 aliphatic carbocycles. The van der Waals surface area contributed by atoms with Gasteiger partial charge in [0.15, 0.2) is 0 Å². The lowest BCUT2D eigenvalue weighted by Crippen LogP contribution is -2.31. The molecule has 2 aromatic carbocycles. The van der Waals surface area contributed by atoms with Gasteiger partial charge in [-0.3, -0.25) is 9.59 Å². The Balaban J connectivity index is 1.71. The highest BCUT2D eigenvalue weighted by molar-refractivity contribution is 6.06. The Morgan fingerprint density at radius 2 is 1.97 bits per heavy atom. The lowest BCUT2D eigenvalue weighted by molar-refractivity contribution is -0.123. The molecular formula is C22H20N2O5. The Hall–Kier alpha value is -3.61. The lowest BCUT2D eigenvalue weighted by atomic mass is 9.89. The molecule has 1 atom stereocenters. The molecule has 29 heavy (non-hydrogen) atoms. The van der Waals surface area contributed by atoms with Crippen LogP contribution in [0.2, 0.25) is 0 Å². The quantitative estimate of drug-likeness (QED) is 0.665. The van der Waals surface area contributed by atoms with Crippen molar-refractivity contribution in [2.24, 2.45) is 0 Å². The zero-order valence-corrected chi connectivity index (χ0v) is 16.3. The van der Waals surface area contributed by atoms with Crippen LogP contribution in [-0.2, 0) is 9.59 Å². The molecule has 7 nitrogen and oxygen atoms in total. The third kappa shape index (κ3) is 3.35. The van der Waals surface area contributed by atoms with Crippen molar-refractivity contribution < 1.29 is 18.7 Å². The summed E-state index contributed by atoms with van der Waals surface area (Å²) >= 11 is 0. The minimum absolute atomic E-state index is 0.0481. The number of aryl methyl sites for hydroxylation is 2. The number of amides is 2. The van der Waals surface area contributed by atoms with Gasteiger partial charge in [-0.05, 0) is 48.7 Å². The number of ether oxygens (including phenoxy) is 1. The summed E-state index contributed by atoms with van der Waals surface area (Å²) in [5.41, 5.74) is 3.42. The van der Waals surface area contributed by atoms with E-state index in [1.807, 2.05) is 19.9 Å². The average molecular weight is 392 g/mol. The summed E-state index contributed by atoms with van der Waals surface area (Å²) in [4.78, 5) is 36.9. The van der Waals surface area contributed by atoms with Crippen molar-refractivity contribution in [3.05, 3.63) is 63.5 Å². The molecule has 0 bridgehead atoms. The van der Waals surface area contributed by atoms with Gasteiger partial charge in [0.2, 0.25) is 11.8 Å². The Bertz CT molecular complexity index is 1210. The molecule has 7 heteroatoms. The number of carbonyl (C=O) groups is 2. The third-order valence-corrected chi connectivity index (χ3v) is 5.18.